The highest BCUT2D eigenvalue weighted by Crippen LogP contribution is 2.30. The van der Waals surface area contributed by atoms with Gasteiger partial charge >= 0.3 is 0 Å². The number of aromatic nitrogens is 2. The molecule has 2 fully saturated rings. The third kappa shape index (κ3) is 5.25. The number of hydrogen-bond acceptors (Lipinski definition) is 5. The van der Waals surface area contributed by atoms with Crippen molar-refractivity contribution in [1.82, 2.24) is 15.5 Å². The third-order valence-electron chi connectivity index (χ3n) is 6.10. The lowest BCUT2D eigenvalue weighted by Crippen LogP contribution is -2.24. The van der Waals surface area contributed by atoms with Gasteiger partial charge in [-0.3, -0.25) is 5.10 Å². The van der Waals surface area contributed by atoms with Gasteiger partial charge in [0, 0.05) is 42.7 Å². The lowest BCUT2D eigenvalue weighted by atomic mass is 10.1. The van der Waals surface area contributed by atoms with Crippen LogP contribution in [0.5, 0.6) is 11.5 Å². The van der Waals surface area contributed by atoms with Crippen LogP contribution >= 0.6 is 0 Å². The summed E-state index contributed by atoms with van der Waals surface area (Å²) in [6.45, 7) is 7.57. The van der Waals surface area contributed by atoms with Crippen LogP contribution in [0.1, 0.15) is 30.4 Å². The molecule has 3 aromatic rings. The van der Waals surface area contributed by atoms with Crippen LogP contribution in [0.2, 0.25) is 0 Å². The van der Waals surface area contributed by atoms with E-state index in [0.717, 1.165) is 60.4 Å². The number of anilines is 1. The molecule has 1 aliphatic heterocycles. The number of ether oxygens (including phenoxy) is 2. The molecule has 5 rings (SSSR count). The van der Waals surface area contributed by atoms with Crippen LogP contribution in [-0.2, 0) is 6.54 Å². The van der Waals surface area contributed by atoms with Gasteiger partial charge in [0.05, 0.1) is 19.3 Å². The van der Waals surface area contributed by atoms with Crippen LogP contribution < -0.4 is 19.7 Å². The molecule has 1 saturated carbocycles. The van der Waals surface area contributed by atoms with Gasteiger partial charge in [-0.25, -0.2) is 0 Å². The molecule has 1 atom stereocenters. The molecule has 2 N–H and O–H groups in total. The van der Waals surface area contributed by atoms with E-state index in [-0.39, 0.29) is 6.10 Å². The summed E-state index contributed by atoms with van der Waals surface area (Å²) in [5.41, 5.74) is 4.26. The van der Waals surface area contributed by atoms with Crippen molar-refractivity contribution in [3.63, 3.8) is 0 Å². The second-order valence-corrected chi connectivity index (χ2v) is 8.69. The van der Waals surface area contributed by atoms with Gasteiger partial charge in [0.15, 0.2) is 0 Å². The summed E-state index contributed by atoms with van der Waals surface area (Å²) in [5, 5.41) is 10.1. The van der Waals surface area contributed by atoms with Crippen molar-refractivity contribution in [2.24, 2.45) is 5.92 Å². The Labute approximate surface area is 189 Å². The fraction of sp³-hybridized carbons (Fsp3) is 0.346. The van der Waals surface area contributed by atoms with E-state index >= 15 is 0 Å². The molecule has 166 valence electrons. The predicted molar refractivity (Wildman–Crippen MR) is 127 cm³/mol. The van der Waals surface area contributed by atoms with Gasteiger partial charge in [-0.05, 0) is 72.9 Å². The Balaban J connectivity index is 1.09. The summed E-state index contributed by atoms with van der Waals surface area (Å²) in [4.78, 5) is 2.38. The molecule has 1 aliphatic carbocycles. The average molecular weight is 431 g/mol. The summed E-state index contributed by atoms with van der Waals surface area (Å²) >= 11 is 0. The van der Waals surface area contributed by atoms with E-state index in [4.69, 9.17) is 9.47 Å². The Bertz CT molecular complexity index is 1010. The second-order valence-electron chi connectivity index (χ2n) is 8.69. The lowest BCUT2D eigenvalue weighted by molar-refractivity contribution is 0.225. The van der Waals surface area contributed by atoms with Gasteiger partial charge in [-0.1, -0.05) is 6.58 Å². The first-order valence-corrected chi connectivity index (χ1v) is 11.4. The Morgan fingerprint density at radius 3 is 2.56 bits per heavy atom. The number of aromatic amines is 1. The van der Waals surface area contributed by atoms with Gasteiger partial charge in [0.1, 0.15) is 17.6 Å². The molecule has 0 radical (unpaired) electrons. The van der Waals surface area contributed by atoms with Gasteiger partial charge in [0.2, 0.25) is 0 Å². The van der Waals surface area contributed by atoms with Crippen LogP contribution in [0.4, 0.5) is 5.69 Å². The Morgan fingerprint density at radius 2 is 1.84 bits per heavy atom. The highest BCUT2D eigenvalue weighted by molar-refractivity contribution is 5.62. The molecule has 0 bridgehead atoms. The van der Waals surface area contributed by atoms with Crippen molar-refractivity contribution in [1.29, 1.82) is 0 Å². The number of nitrogens with one attached hydrogen (secondary N) is 2. The molecule has 6 heteroatoms. The smallest absolute Gasteiger partial charge is 0.119 e. The number of benzene rings is 2. The molecule has 32 heavy (non-hydrogen) atoms. The molecule has 0 amide bonds. The molecule has 6 nitrogen and oxygen atoms in total. The maximum atomic E-state index is 6.25. The molecule has 0 unspecified atom stereocenters. The minimum Gasteiger partial charge on any atom is -0.493 e. The summed E-state index contributed by atoms with van der Waals surface area (Å²) < 4.78 is 12.1. The fourth-order valence-electron chi connectivity index (χ4n) is 3.92. The molecular weight excluding hydrogens is 400 g/mol. The van der Waals surface area contributed by atoms with Crippen LogP contribution in [0.3, 0.4) is 0 Å². The van der Waals surface area contributed by atoms with Crippen LogP contribution in [0.25, 0.3) is 5.70 Å². The molecule has 2 aliphatic rings. The van der Waals surface area contributed by atoms with Gasteiger partial charge < -0.3 is 19.7 Å². The predicted octanol–water partition coefficient (Wildman–Crippen LogP) is 4.62. The van der Waals surface area contributed by atoms with Crippen molar-refractivity contribution >= 4 is 11.4 Å². The molecule has 2 aromatic carbocycles. The van der Waals surface area contributed by atoms with Crippen LogP contribution in [-0.4, -0.2) is 36.0 Å². The van der Waals surface area contributed by atoms with Gasteiger partial charge in [0.25, 0.3) is 0 Å². The molecule has 0 spiro atoms. The van der Waals surface area contributed by atoms with Crippen molar-refractivity contribution in [3.8, 4) is 11.5 Å². The van der Waals surface area contributed by atoms with Gasteiger partial charge in [-0.15, -0.1) is 0 Å². The highest BCUT2D eigenvalue weighted by Gasteiger charge is 2.25. The average Bonchev–Trinajstić information content (AvgIpc) is 3.29. The zero-order valence-corrected chi connectivity index (χ0v) is 18.3. The monoisotopic (exact) mass is 430 g/mol. The number of nitrogens with zero attached hydrogens (tertiary/aromatic N) is 2. The summed E-state index contributed by atoms with van der Waals surface area (Å²) in [5.74, 6) is 2.64. The first-order chi connectivity index (χ1) is 15.7. The SMILES string of the molecule is C=C(NCc1cn[nH]c1)c1ccc(O[C@@H]2CCN(c3ccc(OCC4CC4)cc3)C2)cc1. The van der Waals surface area contributed by atoms with Crippen LogP contribution in [0.15, 0.2) is 67.5 Å². The van der Waals surface area contributed by atoms with Crippen molar-refractivity contribution < 1.29 is 9.47 Å². The van der Waals surface area contributed by atoms with Crippen molar-refractivity contribution in [2.45, 2.75) is 31.9 Å². The first kappa shape index (κ1) is 20.5. The number of rotatable bonds is 10. The zero-order valence-electron chi connectivity index (χ0n) is 18.3. The lowest BCUT2D eigenvalue weighted by Gasteiger charge is -2.19. The van der Waals surface area contributed by atoms with E-state index in [1.807, 2.05) is 30.5 Å². The van der Waals surface area contributed by atoms with E-state index in [1.165, 1.54) is 18.5 Å². The largest absolute Gasteiger partial charge is 0.493 e. The quantitative estimate of drug-likeness (QED) is 0.492. The first-order valence-electron chi connectivity index (χ1n) is 11.4. The third-order valence-corrected chi connectivity index (χ3v) is 6.10. The topological polar surface area (TPSA) is 62.4 Å². The summed E-state index contributed by atoms with van der Waals surface area (Å²) in [7, 11) is 0. The Hall–Kier alpha value is -3.41. The normalized spacial score (nSPS) is 17.9. The minimum atomic E-state index is 0.189. The maximum Gasteiger partial charge on any atom is 0.119 e. The molecule has 2 heterocycles. The van der Waals surface area contributed by atoms with Crippen LogP contribution in [0, 0.1) is 5.92 Å². The number of hydrogen-bond donors (Lipinski definition) is 2. The molecule has 1 saturated heterocycles. The van der Waals surface area contributed by atoms with Crippen molar-refractivity contribution in [3.05, 3.63) is 78.6 Å². The van der Waals surface area contributed by atoms with E-state index in [2.05, 4.69) is 51.3 Å². The maximum absolute atomic E-state index is 6.25. The zero-order chi connectivity index (χ0) is 21.8. The Kier molecular flexibility index (Phi) is 6.01. The van der Waals surface area contributed by atoms with E-state index in [1.54, 1.807) is 6.20 Å². The molecular formula is C26H30N4O2. The fourth-order valence-corrected chi connectivity index (χ4v) is 3.92. The minimum absolute atomic E-state index is 0.189. The van der Waals surface area contributed by atoms with E-state index < -0.39 is 0 Å². The highest BCUT2D eigenvalue weighted by atomic mass is 16.5. The standard InChI is InChI=1S/C26H30N4O2/c1-19(27-14-21-15-28-29-16-21)22-4-8-25(9-5-22)32-26-12-13-30(17-26)23-6-10-24(11-7-23)31-18-20-2-3-20/h4-11,15-16,20,26-27H,1-3,12-14,17-18H2,(H,28,29)/t26-/m1/s1. The van der Waals surface area contributed by atoms with E-state index in [9.17, 15) is 0 Å². The van der Waals surface area contributed by atoms with E-state index in [0.29, 0.717) is 6.54 Å². The van der Waals surface area contributed by atoms with Crippen molar-refractivity contribution in [2.75, 3.05) is 24.6 Å². The number of H-pyrrole nitrogens is 1. The summed E-state index contributed by atoms with van der Waals surface area (Å²) in [6.07, 6.45) is 7.51. The summed E-state index contributed by atoms with van der Waals surface area (Å²) in [6, 6.07) is 16.6. The Morgan fingerprint density at radius 1 is 1.06 bits per heavy atom. The second kappa shape index (κ2) is 9.39. The molecule has 1 aromatic heterocycles. The van der Waals surface area contributed by atoms with Gasteiger partial charge in [-0.2, -0.15) is 5.10 Å².